The summed E-state index contributed by atoms with van der Waals surface area (Å²) in [7, 11) is 1.59. The molecule has 0 amide bonds. The van der Waals surface area contributed by atoms with Crippen molar-refractivity contribution in [2.45, 2.75) is 6.42 Å². The van der Waals surface area contributed by atoms with E-state index >= 15 is 0 Å². The molecule has 2 N–H and O–H groups in total. The number of methoxy groups -OCH3 is 1. The number of hydrogen-bond acceptors (Lipinski definition) is 3. The summed E-state index contributed by atoms with van der Waals surface area (Å²) in [5, 5.41) is 6.84. The molecule has 5 heteroatoms. The third-order valence-electron chi connectivity index (χ3n) is 2.75. The maximum absolute atomic E-state index is 5.23. The number of benzene rings is 1. The Morgan fingerprint density at radius 2 is 2.00 bits per heavy atom. The normalized spacial score (nSPS) is 9.85. The summed E-state index contributed by atoms with van der Waals surface area (Å²) in [4.78, 5) is 4.11. The number of rotatable bonds is 5. The highest BCUT2D eigenvalue weighted by molar-refractivity contribution is 7.80. The monoisotopic (exact) mass is 287 g/mol. The molecule has 0 spiro atoms. The zero-order valence-corrected chi connectivity index (χ0v) is 12.1. The van der Waals surface area contributed by atoms with Crippen LogP contribution in [0.2, 0.25) is 0 Å². The van der Waals surface area contributed by atoms with Crippen molar-refractivity contribution in [3.63, 3.8) is 0 Å². The second-order valence-electron chi connectivity index (χ2n) is 4.21. The number of ether oxygens (including phenoxy) is 1. The van der Waals surface area contributed by atoms with Crippen LogP contribution < -0.4 is 15.4 Å². The van der Waals surface area contributed by atoms with Crippen LogP contribution in [0.5, 0.6) is 5.88 Å². The SMILES string of the molecule is COc1ccc(NC(=S)NCCc2ccccc2)cn1. The van der Waals surface area contributed by atoms with Crippen molar-refractivity contribution in [3.05, 3.63) is 54.2 Å². The van der Waals surface area contributed by atoms with E-state index in [2.05, 4.69) is 27.8 Å². The molecule has 1 aromatic heterocycles. The van der Waals surface area contributed by atoms with E-state index in [4.69, 9.17) is 17.0 Å². The van der Waals surface area contributed by atoms with E-state index in [1.54, 1.807) is 19.4 Å². The molecule has 0 saturated carbocycles. The molecule has 0 unspecified atom stereocenters. The van der Waals surface area contributed by atoms with Crippen LogP contribution in [0.4, 0.5) is 5.69 Å². The molecule has 20 heavy (non-hydrogen) atoms. The highest BCUT2D eigenvalue weighted by Gasteiger charge is 1.99. The van der Waals surface area contributed by atoms with Gasteiger partial charge >= 0.3 is 0 Å². The van der Waals surface area contributed by atoms with Crippen molar-refractivity contribution < 1.29 is 4.74 Å². The van der Waals surface area contributed by atoms with Gasteiger partial charge in [0.25, 0.3) is 0 Å². The molecule has 104 valence electrons. The number of nitrogens with one attached hydrogen (secondary N) is 2. The van der Waals surface area contributed by atoms with Crippen molar-refractivity contribution in [2.24, 2.45) is 0 Å². The number of pyridine rings is 1. The second-order valence-corrected chi connectivity index (χ2v) is 4.61. The molecule has 1 aromatic carbocycles. The fourth-order valence-corrected chi connectivity index (χ4v) is 1.94. The molecule has 0 aliphatic rings. The van der Waals surface area contributed by atoms with E-state index in [1.165, 1.54) is 5.56 Å². The summed E-state index contributed by atoms with van der Waals surface area (Å²) in [6.07, 6.45) is 2.62. The zero-order valence-electron chi connectivity index (χ0n) is 11.3. The average Bonchev–Trinajstić information content (AvgIpc) is 2.49. The van der Waals surface area contributed by atoms with Crippen LogP contribution in [0.15, 0.2) is 48.7 Å². The maximum atomic E-state index is 5.23. The molecule has 0 bridgehead atoms. The Morgan fingerprint density at radius 3 is 2.65 bits per heavy atom. The fraction of sp³-hybridized carbons (Fsp3) is 0.200. The first-order valence-corrected chi connectivity index (χ1v) is 6.77. The molecule has 1 heterocycles. The summed E-state index contributed by atoms with van der Waals surface area (Å²) >= 11 is 5.23. The van der Waals surface area contributed by atoms with E-state index in [0.29, 0.717) is 11.0 Å². The van der Waals surface area contributed by atoms with Crippen LogP contribution in [-0.2, 0) is 6.42 Å². The molecule has 4 nitrogen and oxygen atoms in total. The van der Waals surface area contributed by atoms with Gasteiger partial charge in [-0.05, 0) is 30.3 Å². The summed E-state index contributed by atoms with van der Waals surface area (Å²) < 4.78 is 5.00. The molecule has 0 fully saturated rings. The van der Waals surface area contributed by atoms with Crippen molar-refractivity contribution in [1.29, 1.82) is 0 Å². The van der Waals surface area contributed by atoms with Gasteiger partial charge in [0.05, 0.1) is 19.0 Å². The largest absolute Gasteiger partial charge is 0.481 e. The summed E-state index contributed by atoms with van der Waals surface area (Å²) in [6, 6.07) is 14.0. The first-order chi connectivity index (χ1) is 9.78. The zero-order chi connectivity index (χ0) is 14.2. The molecular weight excluding hydrogens is 270 g/mol. The first-order valence-electron chi connectivity index (χ1n) is 6.37. The Bertz CT molecular complexity index is 543. The van der Waals surface area contributed by atoms with E-state index in [-0.39, 0.29) is 0 Å². The van der Waals surface area contributed by atoms with E-state index < -0.39 is 0 Å². The molecule has 2 aromatic rings. The number of nitrogens with zero attached hydrogens (tertiary/aromatic N) is 1. The van der Waals surface area contributed by atoms with Crippen LogP contribution in [-0.4, -0.2) is 23.8 Å². The molecule has 0 aliphatic heterocycles. The van der Waals surface area contributed by atoms with Crippen molar-refractivity contribution >= 4 is 23.0 Å². The highest BCUT2D eigenvalue weighted by atomic mass is 32.1. The second kappa shape index (κ2) is 7.45. The van der Waals surface area contributed by atoms with Gasteiger partial charge in [0, 0.05) is 12.6 Å². The van der Waals surface area contributed by atoms with E-state index in [1.807, 2.05) is 24.3 Å². The van der Waals surface area contributed by atoms with Gasteiger partial charge in [-0.15, -0.1) is 0 Å². The third kappa shape index (κ3) is 4.51. The molecule has 2 rings (SSSR count). The number of hydrogen-bond donors (Lipinski definition) is 2. The van der Waals surface area contributed by atoms with E-state index in [9.17, 15) is 0 Å². The van der Waals surface area contributed by atoms with Gasteiger partial charge in [0.15, 0.2) is 5.11 Å². The summed E-state index contributed by atoms with van der Waals surface area (Å²) in [5.41, 5.74) is 2.12. The van der Waals surface area contributed by atoms with Crippen molar-refractivity contribution in [1.82, 2.24) is 10.3 Å². The number of anilines is 1. The lowest BCUT2D eigenvalue weighted by Crippen LogP contribution is -2.30. The highest BCUT2D eigenvalue weighted by Crippen LogP contribution is 2.10. The lowest BCUT2D eigenvalue weighted by Gasteiger charge is -2.10. The molecule has 0 radical (unpaired) electrons. The molecule has 0 atom stereocenters. The van der Waals surface area contributed by atoms with Gasteiger partial charge in [-0.25, -0.2) is 4.98 Å². The number of thiocarbonyl (C=S) groups is 1. The summed E-state index contributed by atoms with van der Waals surface area (Å²) in [6.45, 7) is 0.791. The Morgan fingerprint density at radius 1 is 1.20 bits per heavy atom. The summed E-state index contributed by atoms with van der Waals surface area (Å²) in [5.74, 6) is 0.582. The van der Waals surface area contributed by atoms with Gasteiger partial charge in [-0.3, -0.25) is 0 Å². The van der Waals surface area contributed by atoms with Gasteiger partial charge in [0.1, 0.15) is 0 Å². The predicted octanol–water partition coefficient (Wildman–Crippen LogP) is 2.62. The van der Waals surface area contributed by atoms with Crippen LogP contribution in [0.3, 0.4) is 0 Å². The van der Waals surface area contributed by atoms with Crippen molar-refractivity contribution in [2.75, 3.05) is 19.0 Å². The smallest absolute Gasteiger partial charge is 0.213 e. The molecule has 0 saturated heterocycles. The minimum absolute atomic E-state index is 0.582. The van der Waals surface area contributed by atoms with Crippen LogP contribution >= 0.6 is 12.2 Å². The lowest BCUT2D eigenvalue weighted by atomic mass is 10.1. The van der Waals surface area contributed by atoms with Gasteiger partial charge in [-0.1, -0.05) is 30.3 Å². The predicted molar refractivity (Wildman–Crippen MR) is 85.2 cm³/mol. The van der Waals surface area contributed by atoms with Crippen LogP contribution in [0.25, 0.3) is 0 Å². The van der Waals surface area contributed by atoms with Crippen molar-refractivity contribution in [3.8, 4) is 5.88 Å². The standard InChI is InChI=1S/C15H17N3OS/c1-19-14-8-7-13(11-17-14)18-15(20)16-10-9-12-5-3-2-4-6-12/h2-8,11H,9-10H2,1H3,(H2,16,18,20). The molecule has 0 aliphatic carbocycles. The van der Waals surface area contributed by atoms with Gasteiger partial charge < -0.3 is 15.4 Å². The Labute approximate surface area is 124 Å². The lowest BCUT2D eigenvalue weighted by molar-refractivity contribution is 0.398. The minimum Gasteiger partial charge on any atom is -0.481 e. The molecular formula is C15H17N3OS. The minimum atomic E-state index is 0.582. The maximum Gasteiger partial charge on any atom is 0.213 e. The quantitative estimate of drug-likeness (QED) is 0.828. The Kier molecular flexibility index (Phi) is 5.32. The van der Waals surface area contributed by atoms with Gasteiger partial charge in [0.2, 0.25) is 5.88 Å². The Hall–Kier alpha value is -2.14. The fourth-order valence-electron chi connectivity index (χ4n) is 1.72. The average molecular weight is 287 g/mol. The Balaban J connectivity index is 1.74. The van der Waals surface area contributed by atoms with Crippen LogP contribution in [0, 0.1) is 0 Å². The van der Waals surface area contributed by atoms with Crippen LogP contribution in [0.1, 0.15) is 5.56 Å². The van der Waals surface area contributed by atoms with E-state index in [0.717, 1.165) is 18.7 Å². The third-order valence-corrected chi connectivity index (χ3v) is 2.99. The topological polar surface area (TPSA) is 46.2 Å². The first kappa shape index (κ1) is 14.3. The van der Waals surface area contributed by atoms with Gasteiger partial charge in [-0.2, -0.15) is 0 Å². The number of aromatic nitrogens is 1.